The van der Waals surface area contributed by atoms with Gasteiger partial charge in [-0.15, -0.1) is 11.8 Å². The van der Waals surface area contributed by atoms with Crippen molar-refractivity contribution < 1.29 is 33.6 Å². The number of primary amides is 1. The van der Waals surface area contributed by atoms with E-state index in [1.165, 1.54) is 11.8 Å². The van der Waals surface area contributed by atoms with Crippen LogP contribution in [0.1, 0.15) is 12.7 Å². The lowest BCUT2D eigenvalue weighted by atomic mass is 10.0. The SMILES string of the molecule is CCO/N=C(\C(=O)N[C@@H]1C(=O)N2C(C(=O)O)=C(/C=C/C[N+](C)(C)CC(N)=O)CS[C@@H]12)c1nsc(N)n1. The average molecular weight is 540 g/mol. The van der Waals surface area contributed by atoms with E-state index in [-0.39, 0.29) is 35.5 Å². The molecule has 0 bridgehead atoms. The smallest absolute Gasteiger partial charge is 0.352 e. The van der Waals surface area contributed by atoms with Crippen molar-refractivity contribution >= 4 is 57.8 Å². The van der Waals surface area contributed by atoms with E-state index < -0.39 is 35.1 Å². The number of hydrogen-bond donors (Lipinski definition) is 4. The number of quaternary nitrogens is 1. The van der Waals surface area contributed by atoms with Crippen LogP contribution in [0.4, 0.5) is 5.13 Å². The van der Waals surface area contributed by atoms with Crippen LogP contribution in [-0.2, 0) is 24.0 Å². The molecule has 3 amide bonds. The summed E-state index contributed by atoms with van der Waals surface area (Å²) in [6.45, 7) is 2.41. The first-order valence-corrected chi connectivity index (χ1v) is 12.6. The molecule has 1 aromatic heterocycles. The second-order valence-corrected chi connectivity index (χ2v) is 10.4. The lowest BCUT2D eigenvalue weighted by molar-refractivity contribution is -0.876. The number of nitrogens with two attached hydrogens (primary N) is 2. The Hall–Kier alpha value is -3.50. The summed E-state index contributed by atoms with van der Waals surface area (Å²) in [7, 11) is 3.64. The average Bonchev–Trinajstić information content (AvgIpc) is 3.21. The minimum Gasteiger partial charge on any atom is -0.477 e. The fourth-order valence-corrected chi connectivity index (χ4v) is 5.34. The van der Waals surface area contributed by atoms with Gasteiger partial charge in [0.1, 0.15) is 23.7 Å². The number of carboxylic acid groups (broad SMARTS) is 1. The number of aliphatic carboxylic acids is 1. The predicted molar refractivity (Wildman–Crippen MR) is 132 cm³/mol. The van der Waals surface area contributed by atoms with Gasteiger partial charge in [-0.25, -0.2) is 4.79 Å². The molecule has 0 aromatic carbocycles. The summed E-state index contributed by atoms with van der Waals surface area (Å²) in [5.74, 6) is -2.77. The summed E-state index contributed by atoms with van der Waals surface area (Å²) in [6, 6.07) is -0.976. The highest BCUT2D eigenvalue weighted by Crippen LogP contribution is 2.40. The predicted octanol–water partition coefficient (Wildman–Crippen LogP) is -1.28. The van der Waals surface area contributed by atoms with Gasteiger partial charge in [0.05, 0.1) is 20.6 Å². The number of β-lactam (4-membered cyclic amide) rings is 1. The summed E-state index contributed by atoms with van der Waals surface area (Å²) in [5, 5.41) is 15.7. The monoisotopic (exact) mass is 539 g/mol. The number of carbonyl (C=O) groups is 4. The molecule has 2 aliphatic heterocycles. The second-order valence-electron chi connectivity index (χ2n) is 8.50. The molecule has 3 rings (SSSR count). The summed E-state index contributed by atoms with van der Waals surface area (Å²) < 4.78 is 4.25. The Morgan fingerprint density at radius 1 is 1.39 bits per heavy atom. The topological polar surface area (TPSA) is 203 Å². The highest BCUT2D eigenvalue weighted by atomic mass is 32.2. The molecule has 3 heterocycles. The van der Waals surface area contributed by atoms with E-state index >= 15 is 0 Å². The number of likely N-dealkylation sites (N-methyl/N-ethyl adjacent to an activating group) is 1. The van der Waals surface area contributed by atoms with Crippen molar-refractivity contribution in [3.05, 3.63) is 29.2 Å². The molecule has 0 unspecified atom stereocenters. The molecule has 0 radical (unpaired) electrons. The third-order valence-corrected chi connectivity index (χ3v) is 6.99. The van der Waals surface area contributed by atoms with E-state index in [0.29, 0.717) is 22.4 Å². The summed E-state index contributed by atoms with van der Waals surface area (Å²) in [5.41, 5.74) is 10.9. The first-order chi connectivity index (χ1) is 16.9. The Labute approximate surface area is 214 Å². The Morgan fingerprint density at radius 3 is 2.69 bits per heavy atom. The van der Waals surface area contributed by atoms with Crippen LogP contribution in [0.3, 0.4) is 0 Å². The zero-order chi connectivity index (χ0) is 26.6. The van der Waals surface area contributed by atoms with Crippen molar-refractivity contribution in [1.29, 1.82) is 0 Å². The molecule has 16 heteroatoms. The normalized spacial score (nSPS) is 20.2. The van der Waals surface area contributed by atoms with E-state index in [9.17, 15) is 24.3 Å². The van der Waals surface area contributed by atoms with Gasteiger partial charge >= 0.3 is 5.97 Å². The molecular weight excluding hydrogens is 512 g/mol. The van der Waals surface area contributed by atoms with Crippen LogP contribution < -0.4 is 16.8 Å². The lowest BCUT2D eigenvalue weighted by Gasteiger charge is -2.49. The number of carbonyl (C=O) groups excluding carboxylic acids is 3. The van der Waals surface area contributed by atoms with Crippen molar-refractivity contribution in [2.45, 2.75) is 18.3 Å². The van der Waals surface area contributed by atoms with Crippen LogP contribution >= 0.6 is 23.3 Å². The standard InChI is InChI=1S/C20H26N8O6S2/c1-4-34-25-12(15-24-20(22)36-26-15)16(30)23-13-17(31)27-14(19(32)33)10(9-35-18(13)27)6-5-7-28(2,3)8-11(21)29/h5-6,13,18H,4,7-9H2,1-3H3,(H5-,21,22,23,24,26,29,30,32,33)/p+1/b6-5+,25-12-/t13-,18+/m1/s1. The van der Waals surface area contributed by atoms with Crippen molar-refractivity contribution in [1.82, 2.24) is 19.6 Å². The minimum atomic E-state index is -1.26. The number of aromatic nitrogens is 2. The molecule has 194 valence electrons. The quantitative estimate of drug-likeness (QED) is 0.113. The number of amides is 3. The van der Waals surface area contributed by atoms with Crippen molar-refractivity contribution in [3.8, 4) is 0 Å². The number of rotatable bonds is 11. The minimum absolute atomic E-state index is 0.0421. The number of anilines is 1. The van der Waals surface area contributed by atoms with Crippen molar-refractivity contribution in [2.75, 3.05) is 45.3 Å². The zero-order valence-electron chi connectivity index (χ0n) is 19.8. The Balaban J connectivity index is 1.76. The van der Waals surface area contributed by atoms with E-state index in [4.69, 9.17) is 16.3 Å². The van der Waals surface area contributed by atoms with Gasteiger partial charge in [-0.05, 0) is 18.6 Å². The summed E-state index contributed by atoms with van der Waals surface area (Å²) in [4.78, 5) is 59.1. The van der Waals surface area contributed by atoms with E-state index in [0.717, 1.165) is 16.4 Å². The van der Waals surface area contributed by atoms with Gasteiger partial charge in [0.25, 0.3) is 17.7 Å². The molecule has 36 heavy (non-hydrogen) atoms. The van der Waals surface area contributed by atoms with Crippen LogP contribution in [0.2, 0.25) is 0 Å². The van der Waals surface area contributed by atoms with Gasteiger partial charge in [-0.3, -0.25) is 19.3 Å². The fraction of sp³-hybridized carbons (Fsp3) is 0.450. The number of nitrogens with zero attached hydrogens (tertiary/aromatic N) is 5. The Morgan fingerprint density at radius 2 is 2.11 bits per heavy atom. The Bertz CT molecular complexity index is 1160. The number of nitrogen functional groups attached to an aromatic ring is 1. The molecular formula is C20H27N8O6S2+. The van der Waals surface area contributed by atoms with E-state index in [1.807, 2.05) is 14.1 Å². The maximum Gasteiger partial charge on any atom is 0.352 e. The summed E-state index contributed by atoms with van der Waals surface area (Å²) in [6.07, 6.45) is 3.38. The number of allylic oxidation sites excluding steroid dienone is 1. The number of carboxylic acids is 1. The first kappa shape index (κ1) is 27.1. The summed E-state index contributed by atoms with van der Waals surface area (Å²) >= 11 is 2.19. The van der Waals surface area contributed by atoms with Gasteiger partial charge in [0.2, 0.25) is 11.5 Å². The molecule has 1 saturated heterocycles. The number of fused-ring (bicyclic) bond motifs is 1. The molecule has 0 spiro atoms. The molecule has 2 atom stereocenters. The van der Waals surface area contributed by atoms with Crippen LogP contribution in [0.5, 0.6) is 0 Å². The van der Waals surface area contributed by atoms with E-state index in [2.05, 4.69) is 19.8 Å². The molecule has 0 saturated carbocycles. The Kier molecular flexibility index (Phi) is 8.31. The first-order valence-electron chi connectivity index (χ1n) is 10.7. The molecule has 0 aliphatic carbocycles. The molecule has 6 N–H and O–H groups in total. The van der Waals surface area contributed by atoms with Crippen LogP contribution in [0.25, 0.3) is 0 Å². The van der Waals surface area contributed by atoms with Crippen molar-refractivity contribution in [2.24, 2.45) is 10.9 Å². The molecule has 14 nitrogen and oxygen atoms in total. The maximum atomic E-state index is 12.9. The van der Waals surface area contributed by atoms with E-state index in [1.54, 1.807) is 19.1 Å². The van der Waals surface area contributed by atoms with Gasteiger partial charge < -0.3 is 31.2 Å². The van der Waals surface area contributed by atoms with Crippen molar-refractivity contribution in [3.63, 3.8) is 0 Å². The largest absolute Gasteiger partial charge is 0.477 e. The van der Waals surface area contributed by atoms with Gasteiger partial charge in [-0.1, -0.05) is 11.2 Å². The van der Waals surface area contributed by atoms with Crippen LogP contribution in [0, 0.1) is 0 Å². The number of nitrogens with one attached hydrogen (secondary N) is 1. The van der Waals surface area contributed by atoms with Crippen LogP contribution in [0.15, 0.2) is 28.6 Å². The fourth-order valence-electron chi connectivity index (χ4n) is 3.59. The highest BCUT2D eigenvalue weighted by molar-refractivity contribution is 8.00. The number of hydrogen-bond acceptors (Lipinski definition) is 11. The number of thioether (sulfide) groups is 1. The highest BCUT2D eigenvalue weighted by Gasteiger charge is 2.54. The zero-order valence-corrected chi connectivity index (χ0v) is 21.5. The molecule has 2 aliphatic rings. The molecule has 1 fully saturated rings. The molecule has 1 aromatic rings. The third-order valence-electron chi connectivity index (χ3n) is 5.14. The van der Waals surface area contributed by atoms with Gasteiger partial charge in [0, 0.05) is 17.3 Å². The maximum absolute atomic E-state index is 12.9. The van der Waals surface area contributed by atoms with Crippen LogP contribution in [-0.4, -0.2) is 104 Å². The number of oxime groups is 1. The van der Waals surface area contributed by atoms with Gasteiger partial charge in [0.15, 0.2) is 11.7 Å². The third kappa shape index (κ3) is 6.00. The van der Waals surface area contributed by atoms with Gasteiger partial charge in [-0.2, -0.15) is 9.36 Å². The lowest BCUT2D eigenvalue weighted by Crippen LogP contribution is -2.71. The second kappa shape index (κ2) is 11.0.